The smallest absolute Gasteiger partial charge is 0.118 e. The van der Waals surface area contributed by atoms with Gasteiger partial charge in [-0.3, -0.25) is 4.98 Å². The lowest BCUT2D eigenvalue weighted by Crippen LogP contribution is -1.78. The van der Waals surface area contributed by atoms with E-state index in [1.54, 1.807) is 7.11 Å². The van der Waals surface area contributed by atoms with Crippen molar-refractivity contribution in [2.24, 2.45) is 0 Å². The Hall–Kier alpha value is -2.35. The first-order valence-electron chi connectivity index (χ1n) is 5.79. The number of ether oxygens (including phenoxy) is 1. The maximum absolute atomic E-state index is 4.91. The molecule has 3 aromatic rings. The number of benzene rings is 2. The van der Waals surface area contributed by atoms with E-state index < -0.39 is 0 Å². The molecule has 2 nitrogen and oxygen atoms in total. The molecule has 90 valence electrons. The Kier molecular flexibility index (Phi) is 4.31. The summed E-state index contributed by atoms with van der Waals surface area (Å²) in [5.74, 6) is 0.910. The Labute approximate surface area is 107 Å². The number of hydrogen-bond acceptors (Lipinski definition) is 2. The number of rotatable bonds is 1. The number of para-hydroxylation sites is 2. The van der Waals surface area contributed by atoms with E-state index >= 15 is 0 Å². The number of nitrogens with zero attached hydrogens (tertiary/aromatic N) is 1. The number of aromatic nitrogens is 1. The van der Waals surface area contributed by atoms with Crippen LogP contribution in [-0.2, 0) is 0 Å². The second-order valence-electron chi connectivity index (χ2n) is 3.71. The maximum atomic E-state index is 4.91. The summed E-state index contributed by atoms with van der Waals surface area (Å²) in [6.45, 7) is 0. The third-order valence-corrected chi connectivity index (χ3v) is 2.49. The summed E-state index contributed by atoms with van der Waals surface area (Å²) in [6.07, 6.45) is 1.81. The van der Waals surface area contributed by atoms with Gasteiger partial charge in [0.05, 0.1) is 12.6 Å². The minimum Gasteiger partial charge on any atom is -0.497 e. The van der Waals surface area contributed by atoms with Crippen molar-refractivity contribution in [3.05, 3.63) is 72.9 Å². The summed E-state index contributed by atoms with van der Waals surface area (Å²) >= 11 is 0. The lowest BCUT2D eigenvalue weighted by atomic mass is 10.2. The van der Waals surface area contributed by atoms with Gasteiger partial charge in [-0.25, -0.2) is 0 Å². The van der Waals surface area contributed by atoms with Gasteiger partial charge in [-0.05, 0) is 24.3 Å². The highest BCUT2D eigenvalue weighted by atomic mass is 16.5. The predicted octanol–water partition coefficient (Wildman–Crippen LogP) is 3.93. The van der Waals surface area contributed by atoms with E-state index in [0.717, 1.165) is 11.3 Å². The molecule has 0 aliphatic carbocycles. The molecule has 1 heterocycles. The van der Waals surface area contributed by atoms with Gasteiger partial charge in [-0.15, -0.1) is 0 Å². The monoisotopic (exact) mass is 237 g/mol. The van der Waals surface area contributed by atoms with Crippen molar-refractivity contribution in [1.82, 2.24) is 4.98 Å². The highest BCUT2D eigenvalue weighted by Crippen LogP contribution is 2.08. The van der Waals surface area contributed by atoms with Crippen molar-refractivity contribution >= 4 is 10.9 Å². The third kappa shape index (κ3) is 3.32. The number of hydrogen-bond donors (Lipinski definition) is 0. The van der Waals surface area contributed by atoms with Gasteiger partial charge in [-0.1, -0.05) is 42.5 Å². The van der Waals surface area contributed by atoms with Crippen LogP contribution in [0.2, 0.25) is 0 Å². The van der Waals surface area contributed by atoms with Crippen LogP contribution >= 0.6 is 0 Å². The molecule has 18 heavy (non-hydrogen) atoms. The molecule has 2 aromatic carbocycles. The largest absolute Gasteiger partial charge is 0.497 e. The summed E-state index contributed by atoms with van der Waals surface area (Å²) in [7, 11) is 1.66. The van der Waals surface area contributed by atoms with Crippen LogP contribution in [0.5, 0.6) is 5.75 Å². The fraction of sp³-hybridized carbons (Fsp3) is 0.0625. The molecule has 0 fully saturated rings. The lowest BCUT2D eigenvalue weighted by molar-refractivity contribution is 0.415. The zero-order chi connectivity index (χ0) is 12.6. The minimum atomic E-state index is 0.910. The van der Waals surface area contributed by atoms with E-state index in [1.807, 2.05) is 60.8 Å². The molecule has 0 spiro atoms. The molecule has 0 radical (unpaired) electrons. The number of methoxy groups -OCH3 is 1. The van der Waals surface area contributed by atoms with Crippen LogP contribution in [0, 0.1) is 0 Å². The molecule has 0 amide bonds. The van der Waals surface area contributed by atoms with Crippen molar-refractivity contribution in [3.63, 3.8) is 0 Å². The van der Waals surface area contributed by atoms with E-state index in [9.17, 15) is 0 Å². The van der Waals surface area contributed by atoms with E-state index in [4.69, 9.17) is 4.74 Å². The van der Waals surface area contributed by atoms with Gasteiger partial charge in [-0.2, -0.15) is 0 Å². The zero-order valence-electron chi connectivity index (χ0n) is 10.3. The van der Waals surface area contributed by atoms with Crippen molar-refractivity contribution < 1.29 is 4.74 Å². The Morgan fingerprint density at radius 3 is 2.11 bits per heavy atom. The molecule has 0 saturated heterocycles. The summed E-state index contributed by atoms with van der Waals surface area (Å²) in [4.78, 5) is 4.18. The first-order chi connectivity index (χ1) is 8.90. The molecule has 0 aliphatic heterocycles. The van der Waals surface area contributed by atoms with Crippen molar-refractivity contribution in [1.29, 1.82) is 0 Å². The van der Waals surface area contributed by atoms with Gasteiger partial charge in [0, 0.05) is 11.6 Å². The summed E-state index contributed by atoms with van der Waals surface area (Å²) in [5, 5.41) is 1.20. The van der Waals surface area contributed by atoms with Crippen LogP contribution in [0.25, 0.3) is 10.9 Å². The third-order valence-electron chi connectivity index (χ3n) is 2.49. The fourth-order valence-corrected chi connectivity index (χ4v) is 1.57. The fourth-order valence-electron chi connectivity index (χ4n) is 1.57. The average Bonchev–Trinajstić information content (AvgIpc) is 2.49. The highest BCUT2D eigenvalue weighted by molar-refractivity contribution is 5.77. The van der Waals surface area contributed by atoms with Crippen LogP contribution in [0.3, 0.4) is 0 Å². The van der Waals surface area contributed by atoms with Gasteiger partial charge >= 0.3 is 0 Å². The van der Waals surface area contributed by atoms with Gasteiger partial charge < -0.3 is 4.74 Å². The Bertz CT molecular complexity index is 528. The molecule has 0 aliphatic rings. The molecular formula is C16H15NO. The molecule has 0 atom stereocenters. The highest BCUT2D eigenvalue weighted by Gasteiger charge is 1.86. The van der Waals surface area contributed by atoms with Gasteiger partial charge in [0.2, 0.25) is 0 Å². The summed E-state index contributed by atoms with van der Waals surface area (Å²) in [5.41, 5.74) is 1.06. The van der Waals surface area contributed by atoms with Crippen molar-refractivity contribution in [2.75, 3.05) is 7.11 Å². The molecular weight excluding hydrogens is 222 g/mol. The van der Waals surface area contributed by atoms with Crippen LogP contribution in [-0.4, -0.2) is 12.1 Å². The summed E-state index contributed by atoms with van der Waals surface area (Å²) in [6, 6.07) is 21.8. The Morgan fingerprint density at radius 2 is 1.44 bits per heavy atom. The Balaban J connectivity index is 0.000000138. The Morgan fingerprint density at radius 1 is 0.778 bits per heavy atom. The second kappa shape index (κ2) is 6.40. The standard InChI is InChI=1S/C9H7N.C7H8O/c1-2-6-9-8(4-1)5-3-7-10-9;1-8-7-5-3-2-4-6-7/h1-7H;2-6H,1H3. The first-order valence-corrected chi connectivity index (χ1v) is 5.79. The molecule has 0 saturated carbocycles. The second-order valence-corrected chi connectivity index (χ2v) is 3.71. The minimum absolute atomic E-state index is 0.910. The van der Waals surface area contributed by atoms with Crippen LogP contribution in [0.15, 0.2) is 72.9 Å². The quantitative estimate of drug-likeness (QED) is 0.639. The van der Waals surface area contributed by atoms with Crippen LogP contribution in [0.1, 0.15) is 0 Å². The van der Waals surface area contributed by atoms with Gasteiger partial charge in [0.1, 0.15) is 5.75 Å². The van der Waals surface area contributed by atoms with Crippen molar-refractivity contribution in [2.45, 2.75) is 0 Å². The van der Waals surface area contributed by atoms with E-state index in [-0.39, 0.29) is 0 Å². The molecule has 3 rings (SSSR count). The van der Waals surface area contributed by atoms with Gasteiger partial charge in [0.25, 0.3) is 0 Å². The molecule has 0 N–H and O–H groups in total. The molecule has 0 bridgehead atoms. The SMILES string of the molecule is COc1ccccc1.c1ccc2ncccc2c1. The molecule has 2 heteroatoms. The van der Waals surface area contributed by atoms with E-state index in [0.29, 0.717) is 0 Å². The van der Waals surface area contributed by atoms with Crippen LogP contribution < -0.4 is 4.74 Å². The van der Waals surface area contributed by atoms with Crippen molar-refractivity contribution in [3.8, 4) is 5.75 Å². The molecule has 0 unspecified atom stereocenters. The normalized spacial score (nSPS) is 9.39. The molecule has 1 aromatic heterocycles. The van der Waals surface area contributed by atoms with Gasteiger partial charge in [0.15, 0.2) is 0 Å². The van der Waals surface area contributed by atoms with E-state index in [2.05, 4.69) is 17.1 Å². The summed E-state index contributed by atoms with van der Waals surface area (Å²) < 4.78 is 4.91. The predicted molar refractivity (Wildman–Crippen MR) is 74.7 cm³/mol. The average molecular weight is 237 g/mol. The first kappa shape index (κ1) is 12.1. The number of pyridine rings is 1. The lowest BCUT2D eigenvalue weighted by Gasteiger charge is -1.93. The number of fused-ring (bicyclic) bond motifs is 1. The maximum Gasteiger partial charge on any atom is 0.118 e. The zero-order valence-corrected chi connectivity index (χ0v) is 10.3. The van der Waals surface area contributed by atoms with Crippen LogP contribution in [0.4, 0.5) is 0 Å². The van der Waals surface area contributed by atoms with E-state index in [1.165, 1.54) is 5.39 Å². The topological polar surface area (TPSA) is 22.1 Å².